The standard InChI is InChI=1S/C30H32N4O/c1-20-9-10-21(2)27(17-20)19-28-22(3)31-23(4)32-29(28)33-13-15-34(16-14-33)30(35)26-12-11-24-7-5-6-8-25(24)18-26/h5-12,17-18H,13-16,19H2,1-4H3. The van der Waals surface area contributed by atoms with Gasteiger partial charge in [-0.3, -0.25) is 4.79 Å². The highest BCUT2D eigenvalue weighted by Crippen LogP contribution is 2.27. The topological polar surface area (TPSA) is 49.3 Å². The predicted octanol–water partition coefficient (Wildman–Crippen LogP) is 5.42. The summed E-state index contributed by atoms with van der Waals surface area (Å²) in [5, 5.41) is 2.25. The summed E-state index contributed by atoms with van der Waals surface area (Å²) in [6, 6.07) is 20.7. The molecule has 1 aliphatic heterocycles. The fourth-order valence-corrected chi connectivity index (χ4v) is 4.99. The lowest BCUT2D eigenvalue weighted by atomic mass is 9.97. The number of anilines is 1. The van der Waals surface area contributed by atoms with Crippen molar-refractivity contribution in [2.24, 2.45) is 0 Å². The summed E-state index contributed by atoms with van der Waals surface area (Å²) >= 11 is 0. The predicted molar refractivity (Wildman–Crippen MR) is 142 cm³/mol. The van der Waals surface area contributed by atoms with Gasteiger partial charge in [0.1, 0.15) is 11.6 Å². The average Bonchev–Trinajstić information content (AvgIpc) is 2.87. The summed E-state index contributed by atoms with van der Waals surface area (Å²) in [6.45, 7) is 11.2. The first-order chi connectivity index (χ1) is 16.9. The minimum atomic E-state index is 0.0982. The quantitative estimate of drug-likeness (QED) is 0.405. The molecule has 1 aliphatic rings. The largest absolute Gasteiger partial charge is 0.353 e. The van der Waals surface area contributed by atoms with Crippen LogP contribution in [0, 0.1) is 27.7 Å². The van der Waals surface area contributed by atoms with Crippen molar-refractivity contribution in [2.75, 3.05) is 31.1 Å². The number of benzene rings is 3. The van der Waals surface area contributed by atoms with Crippen molar-refractivity contribution in [1.82, 2.24) is 14.9 Å². The molecular weight excluding hydrogens is 432 g/mol. The number of nitrogens with zero attached hydrogens (tertiary/aromatic N) is 4. The summed E-state index contributed by atoms with van der Waals surface area (Å²) in [5.41, 5.74) is 6.82. The van der Waals surface area contributed by atoms with E-state index in [1.54, 1.807) is 0 Å². The third-order valence-corrected chi connectivity index (χ3v) is 7.04. The smallest absolute Gasteiger partial charge is 0.253 e. The Kier molecular flexibility index (Phi) is 6.25. The van der Waals surface area contributed by atoms with Crippen LogP contribution in [0.2, 0.25) is 0 Å². The number of aromatic nitrogens is 2. The molecule has 4 aromatic rings. The van der Waals surface area contributed by atoms with Crippen molar-refractivity contribution in [2.45, 2.75) is 34.1 Å². The third-order valence-electron chi connectivity index (χ3n) is 7.04. The Morgan fingerprint density at radius 2 is 1.57 bits per heavy atom. The van der Waals surface area contributed by atoms with E-state index in [1.165, 1.54) is 22.3 Å². The minimum absolute atomic E-state index is 0.0982. The molecule has 1 amide bonds. The van der Waals surface area contributed by atoms with Crippen LogP contribution in [0.4, 0.5) is 5.82 Å². The van der Waals surface area contributed by atoms with Crippen LogP contribution in [0.25, 0.3) is 10.8 Å². The van der Waals surface area contributed by atoms with Crippen LogP contribution in [-0.2, 0) is 6.42 Å². The van der Waals surface area contributed by atoms with Gasteiger partial charge in [0.25, 0.3) is 5.91 Å². The van der Waals surface area contributed by atoms with Gasteiger partial charge in [0.15, 0.2) is 0 Å². The Hall–Kier alpha value is -3.73. The van der Waals surface area contributed by atoms with Gasteiger partial charge in [0, 0.05) is 49.4 Å². The molecule has 1 aromatic heterocycles. The lowest BCUT2D eigenvalue weighted by Crippen LogP contribution is -2.49. The number of amides is 1. The van der Waals surface area contributed by atoms with Gasteiger partial charge in [-0.2, -0.15) is 0 Å². The molecule has 0 unspecified atom stereocenters. The number of aryl methyl sites for hydroxylation is 4. The van der Waals surface area contributed by atoms with Crippen LogP contribution in [0.15, 0.2) is 60.7 Å². The Balaban J connectivity index is 1.35. The van der Waals surface area contributed by atoms with E-state index >= 15 is 0 Å². The Bertz CT molecular complexity index is 1400. The van der Waals surface area contributed by atoms with E-state index in [9.17, 15) is 4.79 Å². The summed E-state index contributed by atoms with van der Waals surface area (Å²) < 4.78 is 0. The van der Waals surface area contributed by atoms with E-state index in [2.05, 4.69) is 61.0 Å². The number of rotatable bonds is 4. The lowest BCUT2D eigenvalue weighted by molar-refractivity contribution is 0.0746. The van der Waals surface area contributed by atoms with E-state index in [0.717, 1.165) is 53.2 Å². The van der Waals surface area contributed by atoms with Crippen LogP contribution >= 0.6 is 0 Å². The number of fused-ring (bicyclic) bond motifs is 1. The molecule has 0 spiro atoms. The van der Waals surface area contributed by atoms with Gasteiger partial charge in [-0.05, 0) is 61.7 Å². The zero-order chi connectivity index (χ0) is 24.5. The second-order valence-electron chi connectivity index (χ2n) is 9.61. The number of carbonyl (C=O) groups excluding carboxylic acids is 1. The molecule has 0 aliphatic carbocycles. The first-order valence-corrected chi connectivity index (χ1v) is 12.3. The van der Waals surface area contributed by atoms with Crippen LogP contribution < -0.4 is 4.90 Å². The Morgan fingerprint density at radius 3 is 2.34 bits per heavy atom. The third kappa shape index (κ3) is 4.76. The first kappa shape index (κ1) is 23.0. The van der Waals surface area contributed by atoms with E-state index < -0.39 is 0 Å². The summed E-state index contributed by atoms with van der Waals surface area (Å²) in [4.78, 5) is 27.1. The highest BCUT2D eigenvalue weighted by molar-refractivity contribution is 5.98. The Labute approximate surface area is 207 Å². The summed E-state index contributed by atoms with van der Waals surface area (Å²) in [6.07, 6.45) is 0.811. The van der Waals surface area contributed by atoms with Crippen molar-refractivity contribution in [3.8, 4) is 0 Å². The fourth-order valence-electron chi connectivity index (χ4n) is 4.99. The highest BCUT2D eigenvalue weighted by Gasteiger charge is 2.25. The van der Waals surface area contributed by atoms with Crippen molar-refractivity contribution >= 4 is 22.5 Å². The van der Waals surface area contributed by atoms with Crippen LogP contribution in [0.3, 0.4) is 0 Å². The van der Waals surface area contributed by atoms with Crippen molar-refractivity contribution in [3.05, 3.63) is 100.0 Å². The molecule has 35 heavy (non-hydrogen) atoms. The second-order valence-corrected chi connectivity index (χ2v) is 9.61. The van der Waals surface area contributed by atoms with E-state index in [4.69, 9.17) is 4.98 Å². The van der Waals surface area contributed by atoms with E-state index in [-0.39, 0.29) is 5.91 Å². The molecule has 178 valence electrons. The molecule has 3 aromatic carbocycles. The molecule has 0 bridgehead atoms. The van der Waals surface area contributed by atoms with Gasteiger partial charge in [-0.15, -0.1) is 0 Å². The normalized spacial score (nSPS) is 13.9. The molecule has 1 fully saturated rings. The second kappa shape index (κ2) is 9.49. The molecule has 0 atom stereocenters. The van der Waals surface area contributed by atoms with Gasteiger partial charge < -0.3 is 9.80 Å². The highest BCUT2D eigenvalue weighted by atomic mass is 16.2. The first-order valence-electron chi connectivity index (χ1n) is 12.3. The van der Waals surface area contributed by atoms with Crippen molar-refractivity contribution in [1.29, 1.82) is 0 Å². The number of carbonyl (C=O) groups is 1. The van der Waals surface area contributed by atoms with E-state index in [0.29, 0.717) is 13.1 Å². The molecule has 5 heteroatoms. The van der Waals surface area contributed by atoms with E-state index in [1.807, 2.05) is 42.2 Å². The fraction of sp³-hybridized carbons (Fsp3) is 0.300. The van der Waals surface area contributed by atoms with Gasteiger partial charge in [-0.1, -0.05) is 54.1 Å². The minimum Gasteiger partial charge on any atom is -0.353 e. The van der Waals surface area contributed by atoms with Gasteiger partial charge >= 0.3 is 0 Å². The number of hydrogen-bond donors (Lipinski definition) is 0. The molecule has 0 N–H and O–H groups in total. The van der Waals surface area contributed by atoms with Crippen molar-refractivity contribution < 1.29 is 4.79 Å². The molecular formula is C30H32N4O. The zero-order valence-corrected chi connectivity index (χ0v) is 21.0. The molecule has 0 radical (unpaired) electrons. The molecule has 2 heterocycles. The number of hydrogen-bond acceptors (Lipinski definition) is 4. The molecule has 5 rings (SSSR count). The molecule has 0 saturated carbocycles. The van der Waals surface area contributed by atoms with Crippen LogP contribution in [-0.4, -0.2) is 47.0 Å². The SMILES string of the molecule is Cc1ccc(C)c(Cc2c(C)nc(C)nc2N2CCN(C(=O)c3ccc4ccccc4c3)CC2)c1. The summed E-state index contributed by atoms with van der Waals surface area (Å²) in [5.74, 6) is 1.90. The van der Waals surface area contributed by atoms with Crippen LogP contribution in [0.5, 0.6) is 0 Å². The zero-order valence-electron chi connectivity index (χ0n) is 21.0. The molecule has 5 nitrogen and oxygen atoms in total. The van der Waals surface area contributed by atoms with Gasteiger partial charge in [0.2, 0.25) is 0 Å². The maximum atomic E-state index is 13.3. The maximum absolute atomic E-state index is 13.3. The van der Waals surface area contributed by atoms with Crippen LogP contribution in [0.1, 0.15) is 44.1 Å². The van der Waals surface area contributed by atoms with Gasteiger partial charge in [-0.25, -0.2) is 9.97 Å². The summed E-state index contributed by atoms with van der Waals surface area (Å²) in [7, 11) is 0. The lowest BCUT2D eigenvalue weighted by Gasteiger charge is -2.36. The monoisotopic (exact) mass is 464 g/mol. The molecule has 1 saturated heterocycles. The Morgan fingerprint density at radius 1 is 0.829 bits per heavy atom. The van der Waals surface area contributed by atoms with Crippen molar-refractivity contribution in [3.63, 3.8) is 0 Å². The maximum Gasteiger partial charge on any atom is 0.253 e. The van der Waals surface area contributed by atoms with Gasteiger partial charge in [0.05, 0.1) is 0 Å². The number of piperazine rings is 1. The average molecular weight is 465 g/mol.